The largest absolute Gasteiger partial charge is 0.399 e. The Morgan fingerprint density at radius 3 is 2.73 bits per heavy atom. The van der Waals surface area contributed by atoms with Crippen LogP contribution in [0.5, 0.6) is 0 Å². The number of halogens is 1. The van der Waals surface area contributed by atoms with Crippen LogP contribution < -0.4 is 11.1 Å². The lowest BCUT2D eigenvalue weighted by molar-refractivity contribution is 1.31. The molecule has 0 saturated heterocycles. The topological polar surface area (TPSA) is 50.9 Å². The monoisotopic (exact) mass is 311 g/mol. The first-order valence-electron chi connectivity index (χ1n) is 4.49. The molecule has 0 aliphatic rings. The fourth-order valence-corrected chi connectivity index (χ4v) is 1.74. The quantitative estimate of drug-likeness (QED) is 0.838. The summed E-state index contributed by atoms with van der Waals surface area (Å²) in [5, 5.41) is 3.21. The van der Waals surface area contributed by atoms with Crippen LogP contribution in [0.4, 0.5) is 17.2 Å². The van der Waals surface area contributed by atoms with E-state index in [1.807, 2.05) is 30.3 Å². The number of nitrogens with two attached hydrogens (primary N) is 1. The molecule has 2 rings (SSSR count). The summed E-state index contributed by atoms with van der Waals surface area (Å²) in [7, 11) is 0. The highest BCUT2D eigenvalue weighted by Crippen LogP contribution is 2.21. The third-order valence-electron chi connectivity index (χ3n) is 1.92. The van der Waals surface area contributed by atoms with Crippen LogP contribution in [0, 0.1) is 3.57 Å². The molecule has 0 spiro atoms. The molecule has 76 valence electrons. The van der Waals surface area contributed by atoms with E-state index >= 15 is 0 Å². The van der Waals surface area contributed by atoms with Crippen molar-refractivity contribution >= 4 is 39.8 Å². The molecule has 3 nitrogen and oxygen atoms in total. The minimum atomic E-state index is 0.707. The Bertz CT molecular complexity index is 471. The summed E-state index contributed by atoms with van der Waals surface area (Å²) in [4.78, 5) is 4.18. The van der Waals surface area contributed by atoms with Gasteiger partial charge in [-0.3, -0.25) is 0 Å². The van der Waals surface area contributed by atoms with E-state index in [0.29, 0.717) is 5.69 Å². The second kappa shape index (κ2) is 4.48. The van der Waals surface area contributed by atoms with Crippen molar-refractivity contribution in [3.63, 3.8) is 0 Å². The molecule has 0 amide bonds. The number of rotatable bonds is 2. The number of nitrogens with one attached hydrogen (secondary N) is 1. The van der Waals surface area contributed by atoms with Gasteiger partial charge in [0.15, 0.2) is 0 Å². The van der Waals surface area contributed by atoms with Crippen LogP contribution in [0.1, 0.15) is 0 Å². The summed E-state index contributed by atoms with van der Waals surface area (Å²) < 4.78 is 1.15. The van der Waals surface area contributed by atoms with E-state index in [0.717, 1.165) is 15.1 Å². The van der Waals surface area contributed by atoms with E-state index in [4.69, 9.17) is 5.73 Å². The first kappa shape index (κ1) is 10.2. The van der Waals surface area contributed by atoms with Crippen molar-refractivity contribution in [1.82, 2.24) is 4.98 Å². The number of nitrogens with zero attached hydrogens (tertiary/aromatic N) is 1. The second-order valence-corrected chi connectivity index (χ2v) is 4.24. The normalized spacial score (nSPS) is 9.93. The summed E-state index contributed by atoms with van der Waals surface area (Å²) in [5.74, 6) is 0.763. The maximum absolute atomic E-state index is 5.67. The summed E-state index contributed by atoms with van der Waals surface area (Å²) in [6.45, 7) is 0. The third-order valence-corrected chi connectivity index (χ3v) is 2.86. The molecule has 15 heavy (non-hydrogen) atoms. The molecule has 0 aliphatic heterocycles. The lowest BCUT2D eigenvalue weighted by atomic mass is 10.3. The number of benzene rings is 1. The predicted octanol–water partition coefficient (Wildman–Crippen LogP) is 3.01. The van der Waals surface area contributed by atoms with Crippen LogP contribution in [0.2, 0.25) is 0 Å². The van der Waals surface area contributed by atoms with Crippen molar-refractivity contribution in [1.29, 1.82) is 0 Å². The SMILES string of the molecule is Nc1ccnc(Nc2ccccc2I)c1. The molecular formula is C11H10IN3. The van der Waals surface area contributed by atoms with Gasteiger partial charge in [0.05, 0.1) is 5.69 Å². The molecule has 0 unspecified atom stereocenters. The van der Waals surface area contributed by atoms with Crippen molar-refractivity contribution in [2.75, 3.05) is 11.1 Å². The van der Waals surface area contributed by atoms with Gasteiger partial charge in [0, 0.05) is 21.5 Å². The van der Waals surface area contributed by atoms with Gasteiger partial charge in [-0.25, -0.2) is 4.98 Å². The smallest absolute Gasteiger partial charge is 0.132 e. The molecule has 1 aromatic carbocycles. The van der Waals surface area contributed by atoms with E-state index in [1.54, 1.807) is 12.3 Å². The molecule has 1 heterocycles. The number of hydrogen-bond donors (Lipinski definition) is 2. The van der Waals surface area contributed by atoms with E-state index in [2.05, 4.69) is 32.9 Å². The molecule has 3 N–H and O–H groups in total. The Labute approximate surface area is 102 Å². The average molecular weight is 311 g/mol. The van der Waals surface area contributed by atoms with Crippen LogP contribution in [0.25, 0.3) is 0 Å². The molecule has 0 radical (unpaired) electrons. The lowest BCUT2D eigenvalue weighted by Crippen LogP contribution is -1.96. The summed E-state index contributed by atoms with van der Waals surface area (Å²) in [6, 6.07) is 11.6. The molecule has 2 aromatic rings. The Kier molecular flexibility index (Phi) is 3.05. The minimum absolute atomic E-state index is 0.707. The van der Waals surface area contributed by atoms with E-state index in [1.165, 1.54) is 0 Å². The van der Waals surface area contributed by atoms with Gasteiger partial charge in [0.2, 0.25) is 0 Å². The van der Waals surface area contributed by atoms with Crippen molar-refractivity contribution in [2.24, 2.45) is 0 Å². The number of nitrogen functional groups attached to an aromatic ring is 1. The van der Waals surface area contributed by atoms with Gasteiger partial charge in [-0.05, 0) is 40.8 Å². The maximum Gasteiger partial charge on any atom is 0.132 e. The zero-order chi connectivity index (χ0) is 10.7. The highest BCUT2D eigenvalue weighted by Gasteiger charge is 1.99. The van der Waals surface area contributed by atoms with Crippen LogP contribution in [0.3, 0.4) is 0 Å². The number of pyridine rings is 1. The molecule has 0 atom stereocenters. The maximum atomic E-state index is 5.67. The van der Waals surface area contributed by atoms with Crippen LogP contribution in [-0.4, -0.2) is 4.98 Å². The average Bonchev–Trinajstić information content (AvgIpc) is 2.22. The third kappa shape index (κ3) is 2.59. The Hall–Kier alpha value is -1.30. The standard InChI is InChI=1S/C11H10IN3/c12-9-3-1-2-4-10(9)15-11-7-8(13)5-6-14-11/h1-7H,(H3,13,14,15). The number of aromatic nitrogens is 1. The number of hydrogen-bond acceptors (Lipinski definition) is 3. The van der Waals surface area contributed by atoms with Crippen molar-refractivity contribution < 1.29 is 0 Å². The van der Waals surface area contributed by atoms with Crippen LogP contribution in [-0.2, 0) is 0 Å². The van der Waals surface area contributed by atoms with Gasteiger partial charge in [-0.2, -0.15) is 0 Å². The predicted molar refractivity (Wildman–Crippen MR) is 71.1 cm³/mol. The molecule has 0 saturated carbocycles. The van der Waals surface area contributed by atoms with Gasteiger partial charge < -0.3 is 11.1 Å². The molecule has 0 bridgehead atoms. The minimum Gasteiger partial charge on any atom is -0.399 e. The summed E-state index contributed by atoms with van der Waals surface area (Å²) in [5.41, 5.74) is 7.41. The van der Waals surface area contributed by atoms with E-state index in [9.17, 15) is 0 Å². The van der Waals surface area contributed by atoms with E-state index in [-0.39, 0.29) is 0 Å². The van der Waals surface area contributed by atoms with Crippen LogP contribution in [0.15, 0.2) is 42.6 Å². The fraction of sp³-hybridized carbons (Fsp3) is 0. The van der Waals surface area contributed by atoms with Gasteiger partial charge in [0.1, 0.15) is 5.82 Å². The molecule has 1 aromatic heterocycles. The molecular weight excluding hydrogens is 301 g/mol. The number of para-hydroxylation sites is 1. The van der Waals surface area contributed by atoms with Crippen molar-refractivity contribution in [3.05, 3.63) is 46.2 Å². The highest BCUT2D eigenvalue weighted by molar-refractivity contribution is 14.1. The Balaban J connectivity index is 2.26. The van der Waals surface area contributed by atoms with Gasteiger partial charge >= 0.3 is 0 Å². The second-order valence-electron chi connectivity index (χ2n) is 3.08. The zero-order valence-electron chi connectivity index (χ0n) is 7.94. The lowest BCUT2D eigenvalue weighted by Gasteiger charge is -2.07. The number of anilines is 3. The van der Waals surface area contributed by atoms with Gasteiger partial charge in [-0.1, -0.05) is 12.1 Å². The molecule has 0 aliphatic carbocycles. The van der Waals surface area contributed by atoms with Gasteiger partial charge in [0.25, 0.3) is 0 Å². The molecule has 4 heteroatoms. The Morgan fingerprint density at radius 1 is 1.20 bits per heavy atom. The summed E-state index contributed by atoms with van der Waals surface area (Å²) in [6.07, 6.45) is 1.69. The first-order valence-corrected chi connectivity index (χ1v) is 5.56. The fourth-order valence-electron chi connectivity index (χ4n) is 1.22. The zero-order valence-corrected chi connectivity index (χ0v) is 10.1. The first-order chi connectivity index (χ1) is 7.25. The summed E-state index contributed by atoms with van der Waals surface area (Å²) >= 11 is 2.27. The Morgan fingerprint density at radius 2 is 2.00 bits per heavy atom. The van der Waals surface area contributed by atoms with Crippen LogP contribution >= 0.6 is 22.6 Å². The van der Waals surface area contributed by atoms with Gasteiger partial charge in [-0.15, -0.1) is 0 Å². The molecule has 0 fully saturated rings. The van der Waals surface area contributed by atoms with Crippen molar-refractivity contribution in [3.8, 4) is 0 Å². The van der Waals surface area contributed by atoms with E-state index < -0.39 is 0 Å². The van der Waals surface area contributed by atoms with Crippen molar-refractivity contribution in [2.45, 2.75) is 0 Å². The highest BCUT2D eigenvalue weighted by atomic mass is 127.